The van der Waals surface area contributed by atoms with Gasteiger partial charge in [0.2, 0.25) is 11.8 Å². The van der Waals surface area contributed by atoms with Crippen LogP contribution in [0.3, 0.4) is 0 Å². The van der Waals surface area contributed by atoms with Gasteiger partial charge < -0.3 is 19.5 Å². The van der Waals surface area contributed by atoms with Gasteiger partial charge in [-0.2, -0.15) is 4.89 Å². The van der Waals surface area contributed by atoms with E-state index in [9.17, 15) is 15.0 Å². The van der Waals surface area contributed by atoms with Crippen LogP contribution in [0, 0.1) is 0 Å². The Labute approximate surface area is 158 Å². The first kappa shape index (κ1) is 17.7. The van der Waals surface area contributed by atoms with E-state index in [1.165, 1.54) is 24.3 Å². The number of rotatable bonds is 5. The van der Waals surface area contributed by atoms with Crippen molar-refractivity contribution in [3.63, 3.8) is 0 Å². The van der Waals surface area contributed by atoms with E-state index in [0.717, 1.165) is 5.69 Å². The molecule has 0 fully saturated rings. The van der Waals surface area contributed by atoms with Crippen molar-refractivity contribution in [2.75, 3.05) is 19.0 Å². The van der Waals surface area contributed by atoms with Crippen LogP contribution >= 0.6 is 0 Å². The molecule has 0 amide bonds. The van der Waals surface area contributed by atoms with Crippen molar-refractivity contribution in [3.05, 3.63) is 58.3 Å². The molecule has 1 aliphatic carbocycles. The second kappa shape index (κ2) is 6.78. The van der Waals surface area contributed by atoms with E-state index < -0.39 is 0 Å². The number of fused-ring (bicyclic) bond motifs is 2. The Morgan fingerprint density at radius 3 is 2.57 bits per heavy atom. The average Bonchev–Trinajstić information content (AvgIpc) is 2.98. The van der Waals surface area contributed by atoms with Crippen LogP contribution in [0.1, 0.15) is 5.56 Å². The van der Waals surface area contributed by atoms with Crippen molar-refractivity contribution in [2.45, 2.75) is 6.61 Å². The molecule has 2 N–H and O–H groups in total. The maximum Gasteiger partial charge on any atom is 0.233 e. The molecule has 9 heteroatoms. The summed E-state index contributed by atoms with van der Waals surface area (Å²) in [6.45, 7) is -0.159. The topological polar surface area (TPSA) is 110 Å². The Bertz CT molecular complexity index is 1160. The van der Waals surface area contributed by atoms with Crippen molar-refractivity contribution >= 4 is 16.8 Å². The molecule has 1 aromatic heterocycles. The Kier molecular flexibility index (Phi) is 4.28. The van der Waals surface area contributed by atoms with E-state index in [2.05, 4.69) is 4.98 Å². The van der Waals surface area contributed by atoms with Crippen LogP contribution in [0.25, 0.3) is 22.6 Å². The van der Waals surface area contributed by atoms with Crippen LogP contribution < -0.4 is 15.3 Å². The number of anilines is 1. The second-order valence-corrected chi connectivity index (χ2v) is 6.37. The summed E-state index contributed by atoms with van der Waals surface area (Å²) in [5.41, 5.74) is 2.74. The van der Waals surface area contributed by atoms with E-state index in [1.807, 2.05) is 37.2 Å². The van der Waals surface area contributed by atoms with Crippen molar-refractivity contribution in [2.24, 2.45) is 0 Å². The molecule has 0 saturated heterocycles. The first-order valence-corrected chi connectivity index (χ1v) is 8.37. The number of aromatic nitrogens is 2. The lowest BCUT2D eigenvalue weighted by Crippen LogP contribution is -2.13. The fraction of sp³-hybridized carbons (Fsp3) is 0.158. The number of benzene rings is 2. The molecule has 0 spiro atoms. The largest absolute Gasteiger partial charge is 0.492 e. The SMILES string of the molecule is CN(C)c1ccc2nc3c(COOn4c(O)ccc4O)cc(=O)cc-3oc2c1. The third kappa shape index (κ3) is 3.19. The zero-order chi connectivity index (χ0) is 19.8. The predicted octanol–water partition coefficient (Wildman–Crippen LogP) is 2.13. The first-order valence-electron chi connectivity index (χ1n) is 8.37. The summed E-state index contributed by atoms with van der Waals surface area (Å²) in [7, 11) is 3.84. The summed E-state index contributed by atoms with van der Waals surface area (Å²) in [4.78, 5) is 28.5. The Balaban J connectivity index is 1.68. The first-order chi connectivity index (χ1) is 13.4. The Hall–Kier alpha value is -3.72. The molecular weight excluding hydrogens is 366 g/mol. The molecule has 2 aliphatic rings. The van der Waals surface area contributed by atoms with Crippen LogP contribution in [0.5, 0.6) is 11.8 Å². The minimum absolute atomic E-state index is 0.159. The molecule has 4 rings (SSSR count). The highest BCUT2D eigenvalue weighted by Crippen LogP contribution is 2.29. The number of aromatic hydroxyl groups is 2. The van der Waals surface area contributed by atoms with Crippen LogP contribution in [0.2, 0.25) is 0 Å². The lowest BCUT2D eigenvalue weighted by atomic mass is 10.1. The van der Waals surface area contributed by atoms with Gasteiger partial charge in [-0.3, -0.25) is 4.79 Å². The van der Waals surface area contributed by atoms with Gasteiger partial charge in [0.25, 0.3) is 0 Å². The standard InChI is InChI=1S/C19H17N3O6/c1-21(2)12-3-4-14-15(8-12)27-16-9-13(23)7-11(19(16)20-14)10-26-28-22-17(24)5-6-18(22)25/h3-9,24-25H,10H2,1-2H3. The van der Waals surface area contributed by atoms with Crippen LogP contribution in [0.4, 0.5) is 5.69 Å². The van der Waals surface area contributed by atoms with Crippen LogP contribution in [-0.2, 0) is 11.5 Å². The van der Waals surface area contributed by atoms with Gasteiger partial charge in [-0.15, -0.1) is 0 Å². The Morgan fingerprint density at radius 1 is 1.11 bits per heavy atom. The molecular formula is C19H17N3O6. The van der Waals surface area contributed by atoms with Crippen LogP contribution in [0.15, 0.2) is 51.7 Å². The number of hydrogen-bond donors (Lipinski definition) is 2. The summed E-state index contributed by atoms with van der Waals surface area (Å²) >= 11 is 0. The second-order valence-electron chi connectivity index (χ2n) is 6.37. The quantitative estimate of drug-likeness (QED) is 0.306. The summed E-state index contributed by atoms with van der Waals surface area (Å²) in [5.74, 6) is -0.354. The molecule has 2 heterocycles. The molecule has 1 aromatic carbocycles. The normalized spacial score (nSPS) is 11.2. The molecule has 144 valence electrons. The van der Waals surface area contributed by atoms with Gasteiger partial charge in [0.15, 0.2) is 16.8 Å². The highest BCUT2D eigenvalue weighted by molar-refractivity contribution is 5.80. The molecule has 0 bridgehead atoms. The monoisotopic (exact) mass is 383 g/mol. The summed E-state index contributed by atoms with van der Waals surface area (Å²) in [6, 6.07) is 10.8. The van der Waals surface area contributed by atoms with Gasteiger partial charge in [0, 0.05) is 49.6 Å². The lowest BCUT2D eigenvalue weighted by molar-refractivity contribution is -0.306. The maximum atomic E-state index is 12.0. The van der Waals surface area contributed by atoms with Gasteiger partial charge in [-0.1, -0.05) is 4.73 Å². The number of hydrogen-bond acceptors (Lipinski definition) is 8. The molecule has 28 heavy (non-hydrogen) atoms. The van der Waals surface area contributed by atoms with Crippen LogP contribution in [-0.4, -0.2) is 34.0 Å². The van der Waals surface area contributed by atoms with Gasteiger partial charge in [-0.05, 0) is 18.2 Å². The molecule has 0 atom stereocenters. The van der Waals surface area contributed by atoms with Gasteiger partial charge in [-0.25, -0.2) is 9.97 Å². The average molecular weight is 383 g/mol. The maximum absolute atomic E-state index is 12.0. The van der Waals surface area contributed by atoms with E-state index >= 15 is 0 Å². The van der Waals surface area contributed by atoms with Gasteiger partial charge >= 0.3 is 0 Å². The number of nitrogens with zero attached hydrogens (tertiary/aromatic N) is 3. The van der Waals surface area contributed by atoms with E-state index in [4.69, 9.17) is 14.3 Å². The smallest absolute Gasteiger partial charge is 0.233 e. The molecule has 1 aliphatic heterocycles. The third-order valence-corrected chi connectivity index (χ3v) is 4.18. The zero-order valence-electron chi connectivity index (χ0n) is 15.1. The van der Waals surface area contributed by atoms with Crippen molar-refractivity contribution in [1.82, 2.24) is 9.71 Å². The molecule has 0 saturated carbocycles. The fourth-order valence-electron chi connectivity index (χ4n) is 2.77. The van der Waals surface area contributed by atoms with Gasteiger partial charge in [0.1, 0.15) is 17.8 Å². The fourth-order valence-corrected chi connectivity index (χ4v) is 2.77. The van der Waals surface area contributed by atoms with Crippen molar-refractivity contribution in [1.29, 1.82) is 0 Å². The molecule has 9 nitrogen and oxygen atoms in total. The third-order valence-electron chi connectivity index (χ3n) is 4.18. The Morgan fingerprint density at radius 2 is 1.86 bits per heavy atom. The van der Waals surface area contributed by atoms with E-state index in [0.29, 0.717) is 32.8 Å². The van der Waals surface area contributed by atoms with E-state index in [1.54, 1.807) is 0 Å². The highest BCUT2D eigenvalue weighted by Gasteiger charge is 2.17. The summed E-state index contributed by atoms with van der Waals surface area (Å²) < 4.78 is 6.57. The van der Waals surface area contributed by atoms with Crippen molar-refractivity contribution < 1.29 is 24.5 Å². The minimum atomic E-state index is -0.337. The van der Waals surface area contributed by atoms with E-state index in [-0.39, 0.29) is 23.8 Å². The van der Waals surface area contributed by atoms with Crippen molar-refractivity contribution in [3.8, 4) is 23.2 Å². The lowest BCUT2D eigenvalue weighted by Gasteiger charge is -2.14. The molecule has 0 unspecified atom stereocenters. The highest BCUT2D eigenvalue weighted by atomic mass is 17.3. The predicted molar refractivity (Wildman–Crippen MR) is 100 cm³/mol. The summed E-state index contributed by atoms with van der Waals surface area (Å²) in [6.07, 6.45) is 0. The molecule has 0 radical (unpaired) electrons. The molecule has 2 aromatic rings. The summed E-state index contributed by atoms with van der Waals surface area (Å²) in [5, 5.41) is 19.1. The zero-order valence-corrected chi connectivity index (χ0v) is 15.1. The minimum Gasteiger partial charge on any atom is -0.492 e. The van der Waals surface area contributed by atoms with Gasteiger partial charge in [0.05, 0.1) is 0 Å².